The lowest BCUT2D eigenvalue weighted by Crippen LogP contribution is -2.04. The number of ether oxygens (including phenoxy) is 2. The number of rotatable bonds is 3. The molecule has 2 aromatic rings. The molecule has 1 N–H and O–H groups in total. The maximum absolute atomic E-state index is 13.4. The van der Waals surface area contributed by atoms with Gasteiger partial charge in [0.2, 0.25) is 0 Å². The van der Waals surface area contributed by atoms with Crippen molar-refractivity contribution in [3.8, 4) is 5.75 Å². The molecule has 4 nitrogen and oxygen atoms in total. The van der Waals surface area contributed by atoms with Crippen molar-refractivity contribution in [2.75, 3.05) is 13.7 Å². The molecule has 0 amide bonds. The van der Waals surface area contributed by atoms with Crippen LogP contribution in [0.3, 0.4) is 0 Å². The summed E-state index contributed by atoms with van der Waals surface area (Å²) in [5, 5.41) is 0.524. The molecule has 5 heteroatoms. The summed E-state index contributed by atoms with van der Waals surface area (Å²) in [4.78, 5) is 14.4. The normalized spacial score (nSPS) is 10.5. The zero-order chi connectivity index (χ0) is 12.4. The molecule has 0 unspecified atom stereocenters. The molecule has 90 valence electrons. The molecule has 0 bridgehead atoms. The number of methoxy groups -OCH3 is 1. The molecule has 1 heterocycles. The molecule has 0 radical (unpaired) electrons. The Kier molecular flexibility index (Phi) is 2.99. The van der Waals surface area contributed by atoms with Crippen molar-refractivity contribution >= 4 is 16.9 Å². The first-order valence-electron chi connectivity index (χ1n) is 5.19. The molecule has 1 aromatic carbocycles. The number of esters is 1. The van der Waals surface area contributed by atoms with E-state index >= 15 is 0 Å². The van der Waals surface area contributed by atoms with Gasteiger partial charge >= 0.3 is 5.97 Å². The minimum absolute atomic E-state index is 0.120. The number of aromatic amines is 1. The van der Waals surface area contributed by atoms with Crippen molar-refractivity contribution in [3.63, 3.8) is 0 Å². The Bertz CT molecular complexity index is 562. The lowest BCUT2D eigenvalue weighted by atomic mass is 10.2. The molecule has 1 aromatic heterocycles. The zero-order valence-electron chi connectivity index (χ0n) is 9.54. The van der Waals surface area contributed by atoms with Gasteiger partial charge in [-0.1, -0.05) is 0 Å². The Hall–Kier alpha value is -2.04. The molecule has 2 rings (SSSR count). The van der Waals surface area contributed by atoms with Crippen molar-refractivity contribution < 1.29 is 18.7 Å². The molecule has 0 aliphatic carbocycles. The second-order valence-electron chi connectivity index (χ2n) is 3.45. The summed E-state index contributed by atoms with van der Waals surface area (Å²) in [5.41, 5.74) is 0.914. The average Bonchev–Trinajstić information content (AvgIpc) is 2.73. The highest BCUT2D eigenvalue weighted by Crippen LogP contribution is 2.29. The van der Waals surface area contributed by atoms with Crippen LogP contribution in [0.4, 0.5) is 4.39 Å². The van der Waals surface area contributed by atoms with Gasteiger partial charge in [0.1, 0.15) is 5.69 Å². The molecule has 0 aliphatic heterocycles. The summed E-state index contributed by atoms with van der Waals surface area (Å²) in [6.07, 6.45) is 0. The van der Waals surface area contributed by atoms with Crippen LogP contribution in [-0.2, 0) is 4.74 Å². The van der Waals surface area contributed by atoms with Crippen LogP contribution in [0.1, 0.15) is 17.4 Å². The highest BCUT2D eigenvalue weighted by Gasteiger charge is 2.15. The van der Waals surface area contributed by atoms with Crippen LogP contribution in [0.25, 0.3) is 10.9 Å². The summed E-state index contributed by atoms with van der Waals surface area (Å²) in [7, 11) is 1.38. The van der Waals surface area contributed by atoms with Crippen molar-refractivity contribution in [1.29, 1.82) is 0 Å². The first-order valence-corrected chi connectivity index (χ1v) is 5.19. The van der Waals surface area contributed by atoms with Crippen LogP contribution in [0, 0.1) is 5.82 Å². The Morgan fingerprint density at radius 3 is 2.88 bits per heavy atom. The van der Waals surface area contributed by atoms with Crippen LogP contribution in [0.15, 0.2) is 18.2 Å². The third-order valence-electron chi connectivity index (χ3n) is 2.41. The topological polar surface area (TPSA) is 51.3 Å². The predicted octanol–water partition coefficient (Wildman–Crippen LogP) is 2.49. The predicted molar refractivity (Wildman–Crippen MR) is 60.8 cm³/mol. The average molecular weight is 237 g/mol. The van der Waals surface area contributed by atoms with Gasteiger partial charge in [-0.3, -0.25) is 0 Å². The zero-order valence-corrected chi connectivity index (χ0v) is 9.54. The molecular weight excluding hydrogens is 225 g/mol. The SMILES string of the molecule is CCOC(=O)c1cc2c(OC)c(F)ccc2[nH]1. The van der Waals surface area contributed by atoms with Crippen molar-refractivity contribution in [3.05, 3.63) is 29.7 Å². The molecule has 0 saturated heterocycles. The minimum Gasteiger partial charge on any atom is -0.493 e. The lowest BCUT2D eigenvalue weighted by molar-refractivity contribution is 0.0520. The number of H-pyrrole nitrogens is 1. The van der Waals surface area contributed by atoms with Crippen LogP contribution in [0.2, 0.25) is 0 Å². The fourth-order valence-electron chi connectivity index (χ4n) is 1.68. The van der Waals surface area contributed by atoms with Gasteiger partial charge in [0.05, 0.1) is 13.7 Å². The Balaban J connectivity index is 2.53. The van der Waals surface area contributed by atoms with Crippen LogP contribution in [-0.4, -0.2) is 24.7 Å². The molecular formula is C12H12FNO3. The Morgan fingerprint density at radius 2 is 2.24 bits per heavy atom. The van der Waals surface area contributed by atoms with Crippen LogP contribution in [0.5, 0.6) is 5.75 Å². The summed E-state index contributed by atoms with van der Waals surface area (Å²) in [6.45, 7) is 2.01. The number of carbonyl (C=O) groups excluding carboxylic acids is 1. The lowest BCUT2D eigenvalue weighted by Gasteiger charge is -2.01. The minimum atomic E-state index is -0.467. The summed E-state index contributed by atoms with van der Waals surface area (Å²) >= 11 is 0. The van der Waals surface area contributed by atoms with Crippen molar-refractivity contribution in [2.45, 2.75) is 6.92 Å². The van der Waals surface area contributed by atoms with E-state index < -0.39 is 11.8 Å². The summed E-state index contributed by atoms with van der Waals surface area (Å²) in [6, 6.07) is 4.36. The Morgan fingerprint density at radius 1 is 1.47 bits per heavy atom. The summed E-state index contributed by atoms with van der Waals surface area (Å²) in [5.74, 6) is -0.810. The van der Waals surface area contributed by atoms with Gasteiger partial charge in [0.25, 0.3) is 0 Å². The first-order chi connectivity index (χ1) is 8.17. The number of nitrogens with one attached hydrogen (secondary N) is 1. The van der Waals surface area contributed by atoms with E-state index in [0.29, 0.717) is 17.5 Å². The van der Waals surface area contributed by atoms with Gasteiger partial charge in [-0.05, 0) is 25.1 Å². The van der Waals surface area contributed by atoms with Gasteiger partial charge in [-0.25, -0.2) is 9.18 Å². The molecule has 0 saturated carbocycles. The maximum atomic E-state index is 13.4. The smallest absolute Gasteiger partial charge is 0.354 e. The molecule has 0 spiro atoms. The fourth-order valence-corrected chi connectivity index (χ4v) is 1.68. The van der Waals surface area contributed by atoms with E-state index in [2.05, 4.69) is 4.98 Å². The number of carbonyl (C=O) groups is 1. The van der Waals surface area contributed by atoms with E-state index in [1.54, 1.807) is 13.0 Å². The van der Waals surface area contributed by atoms with Gasteiger partial charge in [0.15, 0.2) is 11.6 Å². The molecule has 17 heavy (non-hydrogen) atoms. The van der Waals surface area contributed by atoms with Gasteiger partial charge in [0, 0.05) is 10.9 Å². The van der Waals surface area contributed by atoms with Crippen LogP contribution < -0.4 is 4.74 Å². The number of hydrogen-bond donors (Lipinski definition) is 1. The highest BCUT2D eigenvalue weighted by atomic mass is 19.1. The van der Waals surface area contributed by atoms with E-state index in [4.69, 9.17) is 9.47 Å². The monoisotopic (exact) mass is 237 g/mol. The molecule has 0 atom stereocenters. The van der Waals surface area contributed by atoms with E-state index in [0.717, 1.165) is 0 Å². The number of halogens is 1. The highest BCUT2D eigenvalue weighted by molar-refractivity contribution is 5.97. The van der Waals surface area contributed by atoms with Crippen LogP contribution >= 0.6 is 0 Å². The third kappa shape index (κ3) is 1.95. The number of aromatic nitrogens is 1. The maximum Gasteiger partial charge on any atom is 0.354 e. The van der Waals surface area contributed by atoms with E-state index in [9.17, 15) is 9.18 Å². The fraction of sp³-hybridized carbons (Fsp3) is 0.250. The van der Waals surface area contributed by atoms with E-state index in [1.807, 2.05) is 0 Å². The van der Waals surface area contributed by atoms with E-state index in [-0.39, 0.29) is 11.4 Å². The van der Waals surface area contributed by atoms with E-state index in [1.165, 1.54) is 19.2 Å². The largest absolute Gasteiger partial charge is 0.493 e. The van der Waals surface area contributed by atoms with Gasteiger partial charge < -0.3 is 14.5 Å². The molecule has 0 aliphatic rings. The number of benzene rings is 1. The summed E-state index contributed by atoms with van der Waals surface area (Å²) < 4.78 is 23.2. The number of hydrogen-bond acceptors (Lipinski definition) is 3. The third-order valence-corrected chi connectivity index (χ3v) is 2.41. The second-order valence-corrected chi connectivity index (χ2v) is 3.45. The quantitative estimate of drug-likeness (QED) is 0.834. The van der Waals surface area contributed by atoms with Gasteiger partial charge in [-0.2, -0.15) is 0 Å². The van der Waals surface area contributed by atoms with Crippen molar-refractivity contribution in [2.24, 2.45) is 0 Å². The van der Waals surface area contributed by atoms with Crippen molar-refractivity contribution in [1.82, 2.24) is 4.98 Å². The standard InChI is InChI=1S/C12H12FNO3/c1-3-17-12(15)10-6-7-9(14-10)5-4-8(13)11(7)16-2/h4-6,14H,3H2,1-2H3. The van der Waals surface area contributed by atoms with Gasteiger partial charge in [-0.15, -0.1) is 0 Å². The molecule has 0 fully saturated rings. The number of fused-ring (bicyclic) bond motifs is 1. The second kappa shape index (κ2) is 4.45. The first kappa shape index (κ1) is 11.4. The Labute approximate surface area is 97.3 Å².